The lowest BCUT2D eigenvalue weighted by Gasteiger charge is -2.33. The third kappa shape index (κ3) is 2.43. The van der Waals surface area contributed by atoms with Crippen molar-refractivity contribution in [3.05, 3.63) is 57.0 Å². The van der Waals surface area contributed by atoms with Crippen LogP contribution < -0.4 is 0 Å². The molecule has 1 N–H and O–H groups in total. The van der Waals surface area contributed by atoms with Crippen molar-refractivity contribution < 1.29 is 4.79 Å². The molecule has 4 aromatic rings. The minimum absolute atomic E-state index is 0.117. The molecule has 0 saturated heterocycles. The van der Waals surface area contributed by atoms with Crippen molar-refractivity contribution in [1.29, 1.82) is 0 Å². The highest BCUT2D eigenvalue weighted by atomic mass is 32.1. The maximum atomic E-state index is 13.1. The van der Waals surface area contributed by atoms with Crippen LogP contribution in [0.4, 0.5) is 0 Å². The summed E-state index contributed by atoms with van der Waals surface area (Å²) in [6, 6.07) is 7.70. The average molecular weight is 382 g/mol. The van der Waals surface area contributed by atoms with Crippen molar-refractivity contribution >= 4 is 38.8 Å². The first kappa shape index (κ1) is 15.6. The van der Waals surface area contributed by atoms with E-state index in [9.17, 15) is 4.79 Å². The number of benzene rings is 1. The number of H-pyrrole nitrogens is 1. The number of nitrogens with zero attached hydrogens (tertiary/aromatic N) is 5. The Hall–Kier alpha value is -2.65. The molecule has 1 aliphatic heterocycles. The van der Waals surface area contributed by atoms with Gasteiger partial charge in [-0.2, -0.15) is 0 Å². The minimum atomic E-state index is -0.306. The maximum Gasteiger partial charge on any atom is 0.285 e. The predicted octanol–water partition coefficient (Wildman–Crippen LogP) is 2.97. The molecule has 0 unspecified atom stereocenters. The Balaban J connectivity index is 1.63. The zero-order valence-electron chi connectivity index (χ0n) is 13.8. The van der Waals surface area contributed by atoms with Gasteiger partial charge in [-0.3, -0.25) is 4.79 Å². The van der Waals surface area contributed by atoms with Crippen LogP contribution in [-0.2, 0) is 6.42 Å². The lowest BCUT2D eigenvalue weighted by Crippen LogP contribution is -2.40. The van der Waals surface area contributed by atoms with Gasteiger partial charge in [-0.05, 0) is 19.1 Å². The topological polar surface area (TPSA) is 87.7 Å². The molecular weight excluding hydrogens is 368 g/mol. The number of para-hydroxylation sites is 1. The first-order valence-corrected chi connectivity index (χ1v) is 9.82. The predicted molar refractivity (Wildman–Crippen MR) is 99.4 cm³/mol. The van der Waals surface area contributed by atoms with Gasteiger partial charge in [0.05, 0.1) is 22.2 Å². The van der Waals surface area contributed by atoms with Crippen LogP contribution in [-0.4, -0.2) is 42.5 Å². The molecule has 0 radical (unpaired) electrons. The molecule has 1 amide bonds. The summed E-state index contributed by atoms with van der Waals surface area (Å²) in [7, 11) is 0. The van der Waals surface area contributed by atoms with Crippen molar-refractivity contribution in [3.63, 3.8) is 0 Å². The molecule has 0 aliphatic carbocycles. The van der Waals surface area contributed by atoms with Gasteiger partial charge in [-0.25, -0.2) is 9.97 Å². The van der Waals surface area contributed by atoms with Gasteiger partial charge in [-0.15, -0.1) is 21.5 Å². The van der Waals surface area contributed by atoms with E-state index in [0.717, 1.165) is 38.0 Å². The molecule has 1 aliphatic rings. The van der Waals surface area contributed by atoms with Crippen LogP contribution in [0.25, 0.3) is 10.2 Å². The summed E-state index contributed by atoms with van der Waals surface area (Å²) in [4.78, 5) is 27.4. The molecular formula is C17H14N6OS2. The number of aromatic amines is 1. The number of amides is 1. The van der Waals surface area contributed by atoms with Gasteiger partial charge in [0.2, 0.25) is 5.01 Å². The van der Waals surface area contributed by atoms with E-state index in [2.05, 4.69) is 20.2 Å². The number of hydrogen-bond donors (Lipinski definition) is 1. The SMILES string of the molecule is Cc1nnc(C(=O)N2CCc3[nH]cnc3[C@H]2c2nc3ccccc3s2)s1. The van der Waals surface area contributed by atoms with Crippen LogP contribution in [0.3, 0.4) is 0 Å². The highest BCUT2D eigenvalue weighted by molar-refractivity contribution is 7.18. The van der Waals surface area contributed by atoms with Gasteiger partial charge in [0.1, 0.15) is 16.1 Å². The number of aryl methyl sites for hydroxylation is 1. The van der Waals surface area contributed by atoms with E-state index in [0.29, 0.717) is 11.6 Å². The molecule has 26 heavy (non-hydrogen) atoms. The van der Waals surface area contributed by atoms with Crippen LogP contribution in [0, 0.1) is 6.92 Å². The van der Waals surface area contributed by atoms with Gasteiger partial charge >= 0.3 is 0 Å². The number of rotatable bonds is 2. The highest BCUT2D eigenvalue weighted by Gasteiger charge is 2.37. The van der Waals surface area contributed by atoms with E-state index in [1.807, 2.05) is 36.1 Å². The third-order valence-corrected chi connectivity index (χ3v) is 6.35. The number of hydrogen-bond acceptors (Lipinski definition) is 7. The van der Waals surface area contributed by atoms with Gasteiger partial charge < -0.3 is 9.88 Å². The van der Waals surface area contributed by atoms with Gasteiger partial charge in [0.25, 0.3) is 5.91 Å². The van der Waals surface area contributed by atoms with E-state index < -0.39 is 0 Å². The smallest absolute Gasteiger partial charge is 0.285 e. The number of carbonyl (C=O) groups is 1. The molecule has 0 spiro atoms. The summed E-state index contributed by atoms with van der Waals surface area (Å²) in [6.45, 7) is 2.44. The summed E-state index contributed by atoms with van der Waals surface area (Å²) < 4.78 is 1.10. The van der Waals surface area contributed by atoms with Crippen molar-refractivity contribution in [2.24, 2.45) is 0 Å². The molecule has 1 atom stereocenters. The van der Waals surface area contributed by atoms with Gasteiger partial charge in [0.15, 0.2) is 0 Å². The highest BCUT2D eigenvalue weighted by Crippen LogP contribution is 2.38. The Morgan fingerprint density at radius 1 is 1.27 bits per heavy atom. The fourth-order valence-corrected chi connectivity index (χ4v) is 4.99. The molecule has 0 fully saturated rings. The van der Waals surface area contributed by atoms with Gasteiger partial charge in [-0.1, -0.05) is 23.5 Å². The molecule has 4 heterocycles. The average Bonchev–Trinajstić information content (AvgIpc) is 3.38. The first-order valence-electron chi connectivity index (χ1n) is 8.19. The Kier molecular flexibility index (Phi) is 3.57. The second-order valence-corrected chi connectivity index (χ2v) is 8.31. The van der Waals surface area contributed by atoms with Crippen molar-refractivity contribution in [3.8, 4) is 0 Å². The van der Waals surface area contributed by atoms with Crippen LogP contribution in [0.15, 0.2) is 30.6 Å². The Morgan fingerprint density at radius 2 is 2.15 bits per heavy atom. The number of thiazole rings is 1. The van der Waals surface area contributed by atoms with Crippen LogP contribution in [0.2, 0.25) is 0 Å². The molecule has 7 nitrogen and oxygen atoms in total. The molecule has 5 rings (SSSR count). The second kappa shape index (κ2) is 5.96. The van der Waals surface area contributed by atoms with Crippen LogP contribution in [0.5, 0.6) is 0 Å². The Bertz CT molecular complexity index is 1080. The van der Waals surface area contributed by atoms with E-state index in [4.69, 9.17) is 4.98 Å². The number of fused-ring (bicyclic) bond motifs is 2. The minimum Gasteiger partial charge on any atom is -0.348 e. The second-order valence-electron chi connectivity index (χ2n) is 6.06. The monoisotopic (exact) mass is 382 g/mol. The van der Waals surface area contributed by atoms with E-state index in [-0.39, 0.29) is 11.9 Å². The molecule has 3 aromatic heterocycles. The van der Waals surface area contributed by atoms with Crippen LogP contribution in [0.1, 0.15) is 37.2 Å². The number of aromatic nitrogens is 5. The molecule has 9 heteroatoms. The summed E-state index contributed by atoms with van der Waals surface area (Å²) in [5, 5.41) is 10.1. The van der Waals surface area contributed by atoms with E-state index in [1.165, 1.54) is 11.3 Å². The summed E-state index contributed by atoms with van der Waals surface area (Å²) in [5.41, 5.74) is 2.87. The molecule has 0 saturated carbocycles. The maximum absolute atomic E-state index is 13.1. The summed E-state index contributed by atoms with van der Waals surface area (Å²) in [6.07, 6.45) is 2.42. The van der Waals surface area contributed by atoms with Crippen molar-refractivity contribution in [2.75, 3.05) is 6.54 Å². The zero-order chi connectivity index (χ0) is 17.7. The molecule has 130 valence electrons. The van der Waals surface area contributed by atoms with E-state index >= 15 is 0 Å². The summed E-state index contributed by atoms with van der Waals surface area (Å²) in [5.74, 6) is -0.117. The number of nitrogens with one attached hydrogen (secondary N) is 1. The van der Waals surface area contributed by atoms with Gasteiger partial charge in [0, 0.05) is 18.7 Å². The normalized spacial score (nSPS) is 16.8. The Labute approximate surface area is 156 Å². The zero-order valence-corrected chi connectivity index (χ0v) is 15.5. The van der Waals surface area contributed by atoms with Crippen molar-refractivity contribution in [1.82, 2.24) is 30.0 Å². The fraction of sp³-hybridized carbons (Fsp3) is 0.235. The van der Waals surface area contributed by atoms with E-state index in [1.54, 1.807) is 17.7 Å². The number of imidazole rings is 1. The largest absolute Gasteiger partial charge is 0.348 e. The lowest BCUT2D eigenvalue weighted by molar-refractivity contribution is 0.0689. The fourth-order valence-electron chi connectivity index (χ4n) is 3.26. The number of carbonyl (C=O) groups excluding carboxylic acids is 1. The first-order chi connectivity index (χ1) is 12.7. The standard InChI is InChI=1S/C17H14N6OS2/c1-9-21-22-16(25-9)17(24)23-7-6-11-13(19-8-18-11)14(23)15-20-10-4-2-3-5-12(10)26-15/h2-5,8,14H,6-7H2,1H3,(H,18,19)/t14-/m0/s1. The van der Waals surface area contributed by atoms with Crippen molar-refractivity contribution in [2.45, 2.75) is 19.4 Å². The van der Waals surface area contributed by atoms with Crippen LogP contribution >= 0.6 is 22.7 Å². The Morgan fingerprint density at radius 3 is 2.96 bits per heavy atom. The third-order valence-electron chi connectivity index (χ3n) is 4.44. The summed E-state index contributed by atoms with van der Waals surface area (Å²) >= 11 is 2.92. The lowest BCUT2D eigenvalue weighted by atomic mass is 10.0. The quantitative estimate of drug-likeness (QED) is 0.576. The molecule has 1 aromatic carbocycles. The molecule has 0 bridgehead atoms.